The van der Waals surface area contributed by atoms with Crippen molar-refractivity contribution < 1.29 is 9.59 Å². The maximum absolute atomic E-state index is 12.9. The summed E-state index contributed by atoms with van der Waals surface area (Å²) in [6, 6.07) is 13.0. The van der Waals surface area contributed by atoms with Crippen LogP contribution in [0.4, 0.5) is 5.69 Å². The largest absolute Gasteiger partial charge is 0.347 e. The molecule has 1 aliphatic rings. The Balaban J connectivity index is 1.66. The molecule has 136 valence electrons. The molecule has 1 N–H and O–H groups in total. The maximum Gasteiger partial charge on any atom is 0.261 e. The number of carbonyl (C=O) groups excluding carboxylic acids is 2. The van der Waals surface area contributed by atoms with Crippen molar-refractivity contribution in [1.29, 1.82) is 0 Å². The van der Waals surface area contributed by atoms with Crippen LogP contribution in [-0.2, 0) is 6.54 Å². The summed E-state index contributed by atoms with van der Waals surface area (Å²) in [6.45, 7) is 2.99. The third-order valence-electron chi connectivity index (χ3n) is 4.29. The lowest BCUT2D eigenvalue weighted by Gasteiger charge is -2.21. The van der Waals surface area contributed by atoms with Crippen molar-refractivity contribution in [3.63, 3.8) is 0 Å². The van der Waals surface area contributed by atoms with Crippen molar-refractivity contribution in [2.45, 2.75) is 23.4 Å². The third-order valence-corrected chi connectivity index (χ3v) is 6.23. The van der Waals surface area contributed by atoms with Gasteiger partial charge in [0, 0.05) is 28.1 Å². The molecule has 27 heavy (non-hydrogen) atoms. The SMILES string of the molecule is CCN1C(=O)c2cccnc2Sc2cc(C(=O)NCc3cccs3)ccc21. The van der Waals surface area contributed by atoms with Gasteiger partial charge in [-0.2, -0.15) is 0 Å². The first kappa shape index (κ1) is 17.8. The highest BCUT2D eigenvalue weighted by Crippen LogP contribution is 2.40. The minimum absolute atomic E-state index is 0.0678. The molecular weight excluding hydrogens is 378 g/mol. The van der Waals surface area contributed by atoms with Gasteiger partial charge in [0.15, 0.2) is 0 Å². The minimum atomic E-state index is -0.133. The molecule has 1 aromatic carbocycles. The highest BCUT2D eigenvalue weighted by Gasteiger charge is 2.27. The molecular formula is C20H17N3O2S2. The Morgan fingerprint density at radius 1 is 1.22 bits per heavy atom. The number of amides is 2. The zero-order valence-corrected chi connectivity index (χ0v) is 16.3. The van der Waals surface area contributed by atoms with Gasteiger partial charge in [-0.1, -0.05) is 17.8 Å². The van der Waals surface area contributed by atoms with Crippen LogP contribution < -0.4 is 10.2 Å². The molecule has 3 heterocycles. The summed E-state index contributed by atoms with van der Waals surface area (Å²) in [6.07, 6.45) is 1.68. The number of fused-ring (bicyclic) bond motifs is 2. The number of thiophene rings is 1. The summed E-state index contributed by atoms with van der Waals surface area (Å²) in [5.74, 6) is -0.201. The first-order chi connectivity index (χ1) is 13.2. The molecule has 0 aliphatic carbocycles. The highest BCUT2D eigenvalue weighted by molar-refractivity contribution is 7.99. The van der Waals surface area contributed by atoms with E-state index < -0.39 is 0 Å². The number of rotatable bonds is 4. The molecule has 0 unspecified atom stereocenters. The number of nitrogens with zero attached hydrogens (tertiary/aromatic N) is 2. The van der Waals surface area contributed by atoms with E-state index in [1.54, 1.807) is 40.6 Å². The van der Waals surface area contributed by atoms with Crippen LogP contribution in [0.5, 0.6) is 0 Å². The molecule has 3 aromatic rings. The van der Waals surface area contributed by atoms with Crippen molar-refractivity contribution >= 4 is 40.6 Å². The Kier molecular flexibility index (Phi) is 4.96. The molecule has 0 spiro atoms. The number of nitrogens with one attached hydrogen (secondary N) is 1. The van der Waals surface area contributed by atoms with Crippen LogP contribution >= 0.6 is 23.1 Å². The van der Waals surface area contributed by atoms with Crippen LogP contribution in [0.3, 0.4) is 0 Å². The predicted molar refractivity (Wildman–Crippen MR) is 108 cm³/mol. The van der Waals surface area contributed by atoms with Gasteiger partial charge in [-0.05, 0) is 48.7 Å². The Hall–Kier alpha value is -2.64. The minimum Gasteiger partial charge on any atom is -0.347 e. The van der Waals surface area contributed by atoms with E-state index in [9.17, 15) is 9.59 Å². The van der Waals surface area contributed by atoms with E-state index in [0.717, 1.165) is 15.5 Å². The number of benzene rings is 1. The van der Waals surface area contributed by atoms with E-state index in [0.29, 0.717) is 29.2 Å². The molecule has 1 aliphatic heterocycles. The van der Waals surface area contributed by atoms with Crippen LogP contribution in [0.2, 0.25) is 0 Å². The monoisotopic (exact) mass is 395 g/mol. The summed E-state index contributed by atoms with van der Waals surface area (Å²) in [5.41, 5.74) is 1.96. The average Bonchev–Trinajstić information content (AvgIpc) is 3.17. The average molecular weight is 396 g/mol. The quantitative estimate of drug-likeness (QED) is 0.719. The number of aromatic nitrogens is 1. The predicted octanol–water partition coefficient (Wildman–Crippen LogP) is 4.20. The van der Waals surface area contributed by atoms with Crippen molar-refractivity contribution in [3.05, 3.63) is 70.0 Å². The molecule has 0 bridgehead atoms. The van der Waals surface area contributed by atoms with Crippen LogP contribution in [-0.4, -0.2) is 23.3 Å². The van der Waals surface area contributed by atoms with Crippen molar-refractivity contribution in [2.24, 2.45) is 0 Å². The number of hydrogen-bond acceptors (Lipinski definition) is 5. The van der Waals surface area contributed by atoms with Gasteiger partial charge in [0.2, 0.25) is 0 Å². The lowest BCUT2D eigenvalue weighted by atomic mass is 10.1. The second-order valence-electron chi connectivity index (χ2n) is 5.95. The number of pyridine rings is 1. The molecule has 5 nitrogen and oxygen atoms in total. The van der Waals surface area contributed by atoms with E-state index >= 15 is 0 Å². The maximum atomic E-state index is 12.9. The lowest BCUT2D eigenvalue weighted by Crippen LogP contribution is -2.30. The van der Waals surface area contributed by atoms with Gasteiger partial charge in [-0.25, -0.2) is 4.98 Å². The lowest BCUT2D eigenvalue weighted by molar-refractivity contribution is 0.0950. The summed E-state index contributed by atoms with van der Waals surface area (Å²) in [5, 5.41) is 5.59. The van der Waals surface area contributed by atoms with Gasteiger partial charge in [0.25, 0.3) is 11.8 Å². The van der Waals surface area contributed by atoms with Gasteiger partial charge in [0.1, 0.15) is 5.03 Å². The molecule has 0 saturated carbocycles. The Labute approximate surface area is 165 Å². The molecule has 0 atom stereocenters. The van der Waals surface area contributed by atoms with E-state index in [1.165, 1.54) is 11.8 Å². The van der Waals surface area contributed by atoms with Gasteiger partial charge in [0.05, 0.1) is 17.8 Å². The standard InChI is InChI=1S/C20H17N3O2S2/c1-2-23-16-8-7-13(18(24)22-12-14-5-4-10-26-14)11-17(16)27-19-15(20(23)25)6-3-9-21-19/h3-11H,2,12H2,1H3,(H,22,24). The molecule has 2 aromatic heterocycles. The molecule has 0 fully saturated rings. The summed E-state index contributed by atoms with van der Waals surface area (Å²) in [4.78, 5) is 33.5. The molecule has 0 saturated heterocycles. The van der Waals surface area contributed by atoms with E-state index in [1.807, 2.05) is 36.6 Å². The number of anilines is 1. The van der Waals surface area contributed by atoms with Crippen molar-refractivity contribution in [1.82, 2.24) is 10.3 Å². The fourth-order valence-corrected chi connectivity index (χ4v) is 4.65. The Morgan fingerprint density at radius 2 is 2.11 bits per heavy atom. The zero-order valence-electron chi connectivity index (χ0n) is 14.6. The number of hydrogen-bond donors (Lipinski definition) is 1. The Bertz CT molecular complexity index is 1000. The van der Waals surface area contributed by atoms with Crippen LogP contribution in [0.1, 0.15) is 32.5 Å². The van der Waals surface area contributed by atoms with E-state index in [4.69, 9.17) is 0 Å². The highest BCUT2D eigenvalue weighted by atomic mass is 32.2. The van der Waals surface area contributed by atoms with Crippen LogP contribution in [0.25, 0.3) is 0 Å². The second-order valence-corrected chi connectivity index (χ2v) is 8.02. The smallest absolute Gasteiger partial charge is 0.261 e. The molecule has 7 heteroatoms. The fourth-order valence-electron chi connectivity index (χ4n) is 2.95. The molecule has 2 amide bonds. The number of carbonyl (C=O) groups is 2. The fraction of sp³-hybridized carbons (Fsp3) is 0.150. The molecule has 4 rings (SSSR count). The summed E-state index contributed by atoms with van der Waals surface area (Å²) < 4.78 is 0. The third kappa shape index (κ3) is 3.48. The topological polar surface area (TPSA) is 62.3 Å². The molecule has 0 radical (unpaired) electrons. The van der Waals surface area contributed by atoms with Gasteiger partial charge < -0.3 is 10.2 Å². The van der Waals surface area contributed by atoms with Crippen LogP contribution in [0.15, 0.2) is 64.0 Å². The van der Waals surface area contributed by atoms with Crippen molar-refractivity contribution in [2.75, 3.05) is 11.4 Å². The van der Waals surface area contributed by atoms with Crippen LogP contribution in [0, 0.1) is 0 Å². The summed E-state index contributed by atoms with van der Waals surface area (Å²) >= 11 is 3.03. The van der Waals surface area contributed by atoms with E-state index in [-0.39, 0.29) is 11.8 Å². The van der Waals surface area contributed by atoms with Crippen molar-refractivity contribution in [3.8, 4) is 0 Å². The summed E-state index contributed by atoms with van der Waals surface area (Å²) in [7, 11) is 0. The first-order valence-corrected chi connectivity index (χ1v) is 10.3. The van der Waals surface area contributed by atoms with Gasteiger partial charge >= 0.3 is 0 Å². The normalized spacial score (nSPS) is 12.9. The Morgan fingerprint density at radius 3 is 2.89 bits per heavy atom. The van der Waals surface area contributed by atoms with Gasteiger partial charge in [-0.3, -0.25) is 9.59 Å². The second kappa shape index (κ2) is 7.54. The van der Waals surface area contributed by atoms with Gasteiger partial charge in [-0.15, -0.1) is 11.3 Å². The zero-order chi connectivity index (χ0) is 18.8. The van der Waals surface area contributed by atoms with E-state index in [2.05, 4.69) is 10.3 Å². The first-order valence-electron chi connectivity index (χ1n) is 8.56.